The first-order valence-electron chi connectivity index (χ1n) is 8.62. The number of aryl methyl sites for hydroxylation is 1. The minimum atomic E-state index is -0.0539. The van der Waals surface area contributed by atoms with Gasteiger partial charge in [-0.3, -0.25) is 4.79 Å². The number of nitrogens with one attached hydrogen (secondary N) is 1. The smallest absolute Gasteiger partial charge is 0.257 e. The lowest BCUT2D eigenvalue weighted by atomic mass is 10.2. The zero-order valence-corrected chi connectivity index (χ0v) is 14.5. The molecule has 0 aliphatic heterocycles. The van der Waals surface area contributed by atoms with Crippen LogP contribution in [0.3, 0.4) is 0 Å². The molecule has 0 saturated heterocycles. The van der Waals surface area contributed by atoms with Gasteiger partial charge in [-0.25, -0.2) is 15.0 Å². The van der Waals surface area contributed by atoms with Gasteiger partial charge in [-0.1, -0.05) is 18.2 Å². The van der Waals surface area contributed by atoms with Gasteiger partial charge in [0.15, 0.2) is 0 Å². The normalized spacial score (nSPS) is 13.4. The van der Waals surface area contributed by atoms with Crippen molar-refractivity contribution >= 4 is 17.5 Å². The average Bonchev–Trinajstić information content (AvgIpc) is 3.43. The second kappa shape index (κ2) is 6.95. The Morgan fingerprint density at radius 1 is 1.19 bits per heavy atom. The minimum absolute atomic E-state index is 0.0539. The van der Waals surface area contributed by atoms with E-state index < -0.39 is 0 Å². The van der Waals surface area contributed by atoms with Crippen molar-refractivity contribution < 1.29 is 4.79 Å². The summed E-state index contributed by atoms with van der Waals surface area (Å²) in [6.45, 7) is 0.497. The molecule has 1 aliphatic carbocycles. The molecule has 1 N–H and O–H groups in total. The van der Waals surface area contributed by atoms with Gasteiger partial charge in [-0.2, -0.15) is 0 Å². The highest BCUT2D eigenvalue weighted by Gasteiger charge is 2.34. The Balaban J connectivity index is 1.48. The topological polar surface area (TPSA) is 75.9 Å². The fraction of sp³-hybridized carbons (Fsp3) is 0.263. The van der Waals surface area contributed by atoms with Crippen LogP contribution in [0.1, 0.15) is 29.0 Å². The van der Waals surface area contributed by atoms with Crippen molar-refractivity contribution in [3.05, 3.63) is 66.5 Å². The van der Waals surface area contributed by atoms with Crippen LogP contribution in [-0.4, -0.2) is 36.4 Å². The van der Waals surface area contributed by atoms with E-state index in [9.17, 15) is 4.79 Å². The molecule has 0 atom stereocenters. The van der Waals surface area contributed by atoms with Crippen molar-refractivity contribution in [2.24, 2.45) is 7.05 Å². The molecule has 0 radical (unpaired) electrons. The average molecular weight is 348 g/mol. The van der Waals surface area contributed by atoms with E-state index in [1.807, 2.05) is 53.0 Å². The maximum Gasteiger partial charge on any atom is 0.257 e. The third-order valence-electron chi connectivity index (χ3n) is 4.41. The second-order valence-electron chi connectivity index (χ2n) is 6.40. The first-order valence-corrected chi connectivity index (χ1v) is 8.62. The van der Waals surface area contributed by atoms with Crippen molar-refractivity contribution in [3.8, 4) is 0 Å². The van der Waals surface area contributed by atoms with Gasteiger partial charge < -0.3 is 14.8 Å². The lowest BCUT2D eigenvalue weighted by Crippen LogP contribution is -2.33. The summed E-state index contributed by atoms with van der Waals surface area (Å²) < 4.78 is 1.94. The molecule has 1 saturated carbocycles. The van der Waals surface area contributed by atoms with Crippen LogP contribution in [0.15, 0.2) is 55.1 Å². The number of nitrogens with zero attached hydrogens (tertiary/aromatic N) is 5. The molecule has 4 rings (SSSR count). The number of aromatic nitrogens is 4. The van der Waals surface area contributed by atoms with Crippen LogP contribution in [0.25, 0.3) is 0 Å². The summed E-state index contributed by atoms with van der Waals surface area (Å²) in [5.74, 6) is 1.28. The predicted molar refractivity (Wildman–Crippen MR) is 97.9 cm³/mol. The minimum Gasteiger partial charge on any atom is -0.337 e. The SMILES string of the molecule is Cn1ccnc1CN(C(=O)c1cnc(Nc2ccccc2)nc1)C1CC1. The van der Waals surface area contributed by atoms with Crippen LogP contribution in [-0.2, 0) is 13.6 Å². The summed E-state index contributed by atoms with van der Waals surface area (Å²) in [6.07, 6.45) is 8.86. The zero-order valence-electron chi connectivity index (χ0n) is 14.5. The van der Waals surface area contributed by atoms with Crippen LogP contribution in [0, 0.1) is 0 Å². The van der Waals surface area contributed by atoms with Gasteiger partial charge in [0.1, 0.15) is 5.82 Å². The van der Waals surface area contributed by atoms with E-state index >= 15 is 0 Å². The standard InChI is InChI=1S/C19H20N6O/c1-24-10-9-20-17(24)13-25(16-7-8-16)18(26)14-11-21-19(22-12-14)23-15-5-3-2-4-6-15/h2-6,9-12,16H,7-8,13H2,1H3,(H,21,22,23). The number of anilines is 2. The number of rotatable bonds is 6. The van der Waals surface area contributed by atoms with E-state index in [1.54, 1.807) is 18.6 Å². The second-order valence-corrected chi connectivity index (χ2v) is 6.40. The molecule has 2 aromatic heterocycles. The predicted octanol–water partition coefficient (Wildman–Crippen LogP) is 2.76. The quantitative estimate of drug-likeness (QED) is 0.741. The summed E-state index contributed by atoms with van der Waals surface area (Å²) in [4.78, 5) is 27.7. The van der Waals surface area contributed by atoms with Crippen molar-refractivity contribution in [1.82, 2.24) is 24.4 Å². The van der Waals surface area contributed by atoms with E-state index in [4.69, 9.17) is 0 Å². The van der Waals surface area contributed by atoms with Crippen molar-refractivity contribution in [3.63, 3.8) is 0 Å². The number of benzene rings is 1. The van der Waals surface area contributed by atoms with Gasteiger partial charge in [-0.05, 0) is 25.0 Å². The van der Waals surface area contributed by atoms with Crippen molar-refractivity contribution in [1.29, 1.82) is 0 Å². The lowest BCUT2D eigenvalue weighted by molar-refractivity contribution is 0.0723. The van der Waals surface area contributed by atoms with E-state index in [0.29, 0.717) is 18.1 Å². The monoisotopic (exact) mass is 348 g/mol. The Labute approximate surface area is 151 Å². The Bertz CT molecular complexity index is 886. The molecule has 0 unspecified atom stereocenters. The van der Waals surface area contributed by atoms with Crippen LogP contribution in [0.4, 0.5) is 11.6 Å². The third kappa shape index (κ3) is 3.56. The summed E-state index contributed by atoms with van der Waals surface area (Å²) in [5.41, 5.74) is 1.39. The van der Waals surface area contributed by atoms with Crippen LogP contribution < -0.4 is 5.32 Å². The molecule has 132 valence electrons. The number of imidazole rings is 1. The Morgan fingerprint density at radius 2 is 1.92 bits per heavy atom. The van der Waals surface area contributed by atoms with Gasteiger partial charge in [0.2, 0.25) is 5.95 Å². The van der Waals surface area contributed by atoms with E-state index in [2.05, 4.69) is 20.3 Å². The maximum atomic E-state index is 12.9. The zero-order chi connectivity index (χ0) is 17.9. The van der Waals surface area contributed by atoms with E-state index in [1.165, 1.54) is 0 Å². The number of carbonyl (C=O) groups is 1. The Hall–Kier alpha value is -3.22. The maximum absolute atomic E-state index is 12.9. The molecule has 3 aromatic rings. The van der Waals surface area contributed by atoms with Crippen LogP contribution in [0.5, 0.6) is 0 Å². The molecule has 2 heterocycles. The van der Waals surface area contributed by atoms with Crippen LogP contribution >= 0.6 is 0 Å². The van der Waals surface area contributed by atoms with Gasteiger partial charge in [0.05, 0.1) is 12.1 Å². The number of para-hydroxylation sites is 1. The van der Waals surface area contributed by atoms with Crippen molar-refractivity contribution in [2.45, 2.75) is 25.4 Å². The first-order chi connectivity index (χ1) is 12.7. The number of hydrogen-bond donors (Lipinski definition) is 1. The van der Waals surface area contributed by atoms with Gasteiger partial charge in [0.25, 0.3) is 5.91 Å². The Kier molecular flexibility index (Phi) is 4.35. The number of amides is 1. The van der Waals surface area contributed by atoms with E-state index in [0.717, 1.165) is 24.4 Å². The fourth-order valence-corrected chi connectivity index (χ4v) is 2.77. The van der Waals surface area contributed by atoms with Gasteiger partial charge >= 0.3 is 0 Å². The molecule has 1 aliphatic rings. The largest absolute Gasteiger partial charge is 0.337 e. The van der Waals surface area contributed by atoms with E-state index in [-0.39, 0.29) is 11.9 Å². The van der Waals surface area contributed by atoms with Crippen LogP contribution in [0.2, 0.25) is 0 Å². The third-order valence-corrected chi connectivity index (χ3v) is 4.41. The molecule has 1 fully saturated rings. The highest BCUT2D eigenvalue weighted by atomic mass is 16.2. The summed E-state index contributed by atoms with van der Waals surface area (Å²) in [6, 6.07) is 9.97. The number of carbonyl (C=O) groups excluding carboxylic acids is 1. The molecule has 26 heavy (non-hydrogen) atoms. The molecule has 7 nitrogen and oxygen atoms in total. The molecule has 7 heteroatoms. The fourth-order valence-electron chi connectivity index (χ4n) is 2.77. The van der Waals surface area contributed by atoms with Gasteiger partial charge in [-0.15, -0.1) is 0 Å². The molecular weight excluding hydrogens is 328 g/mol. The highest BCUT2D eigenvalue weighted by molar-refractivity contribution is 5.94. The van der Waals surface area contributed by atoms with Gasteiger partial charge in [0, 0.05) is 43.6 Å². The Morgan fingerprint density at radius 3 is 2.54 bits per heavy atom. The number of hydrogen-bond acceptors (Lipinski definition) is 5. The van der Waals surface area contributed by atoms with Crippen molar-refractivity contribution in [2.75, 3.05) is 5.32 Å². The summed E-state index contributed by atoms with van der Waals surface area (Å²) in [7, 11) is 1.94. The summed E-state index contributed by atoms with van der Waals surface area (Å²) in [5, 5.41) is 3.12. The summed E-state index contributed by atoms with van der Waals surface area (Å²) >= 11 is 0. The molecule has 0 spiro atoms. The molecular formula is C19H20N6O. The first kappa shape index (κ1) is 16.3. The molecule has 0 bridgehead atoms. The molecule has 1 amide bonds. The molecule has 1 aromatic carbocycles. The highest BCUT2D eigenvalue weighted by Crippen LogP contribution is 2.29. The lowest BCUT2D eigenvalue weighted by Gasteiger charge is -2.22.